The maximum Gasteiger partial charge on any atom is 0.139 e. The number of hydrogen-bond donors (Lipinski definition) is 0. The normalized spacial score (nSPS) is 26.6. The molecule has 1 fully saturated rings. The second-order valence-corrected chi connectivity index (χ2v) is 6.77. The fourth-order valence-corrected chi connectivity index (χ4v) is 3.00. The van der Waals surface area contributed by atoms with Crippen molar-refractivity contribution in [2.45, 2.75) is 78.6 Å². The summed E-state index contributed by atoms with van der Waals surface area (Å²) in [5.74, 6) is 1.02. The summed E-state index contributed by atoms with van der Waals surface area (Å²) >= 11 is 0. The maximum absolute atomic E-state index is 12.4. The van der Waals surface area contributed by atoms with Crippen molar-refractivity contribution in [3.8, 4) is 0 Å². The first-order valence-corrected chi connectivity index (χ1v) is 8.09. The lowest BCUT2D eigenvalue weighted by atomic mass is 9.67. The largest absolute Gasteiger partial charge is 0.300 e. The number of carbonyl (C=O) groups is 2. The molecule has 0 saturated heterocycles. The van der Waals surface area contributed by atoms with E-state index in [0.717, 1.165) is 44.1 Å². The van der Waals surface area contributed by atoms with Crippen LogP contribution in [-0.2, 0) is 9.59 Å². The Hall–Kier alpha value is -0.920. The third-order valence-electron chi connectivity index (χ3n) is 4.86. The average molecular weight is 278 g/mol. The summed E-state index contributed by atoms with van der Waals surface area (Å²) in [6.45, 7) is 10.2. The van der Waals surface area contributed by atoms with E-state index in [-0.39, 0.29) is 5.41 Å². The Kier molecular flexibility index (Phi) is 6.64. The van der Waals surface area contributed by atoms with E-state index in [0.29, 0.717) is 36.7 Å². The topological polar surface area (TPSA) is 34.1 Å². The van der Waals surface area contributed by atoms with Gasteiger partial charge in [0.2, 0.25) is 0 Å². The number of carbonyl (C=O) groups excluding carboxylic acids is 2. The third kappa shape index (κ3) is 4.88. The molecule has 2 heteroatoms. The van der Waals surface area contributed by atoms with Crippen LogP contribution in [0.5, 0.6) is 0 Å². The number of rotatable bonds is 8. The molecule has 2 atom stereocenters. The van der Waals surface area contributed by atoms with Gasteiger partial charge in [-0.1, -0.05) is 38.8 Å². The Bertz CT molecular complexity index is 370. The summed E-state index contributed by atoms with van der Waals surface area (Å²) in [4.78, 5) is 24.2. The summed E-state index contributed by atoms with van der Waals surface area (Å²) in [6, 6.07) is 0. The Morgan fingerprint density at radius 3 is 2.60 bits per heavy atom. The molecule has 0 N–H and O–H groups in total. The molecule has 1 saturated carbocycles. The van der Waals surface area contributed by atoms with Gasteiger partial charge in [0.05, 0.1) is 0 Å². The molecule has 0 spiro atoms. The molecule has 20 heavy (non-hydrogen) atoms. The van der Waals surface area contributed by atoms with Crippen molar-refractivity contribution in [3.63, 3.8) is 0 Å². The van der Waals surface area contributed by atoms with E-state index in [1.807, 2.05) is 13.8 Å². The standard InChI is InChI=1S/C18H30O2/c1-5-6-7-8-16(19)10-12-18(4)11-9-15(14(2)3)13-17(18)20/h15H,2,5-13H2,1,3-4H3/t15-,18-/m1/s1. The monoisotopic (exact) mass is 278 g/mol. The second kappa shape index (κ2) is 7.75. The molecule has 2 nitrogen and oxygen atoms in total. The highest BCUT2D eigenvalue weighted by atomic mass is 16.1. The van der Waals surface area contributed by atoms with Gasteiger partial charge in [0.15, 0.2) is 0 Å². The van der Waals surface area contributed by atoms with E-state index in [1.54, 1.807) is 0 Å². The van der Waals surface area contributed by atoms with Crippen molar-refractivity contribution in [2.24, 2.45) is 11.3 Å². The first-order valence-electron chi connectivity index (χ1n) is 8.09. The highest BCUT2D eigenvalue weighted by molar-refractivity contribution is 5.86. The van der Waals surface area contributed by atoms with E-state index in [1.165, 1.54) is 0 Å². The van der Waals surface area contributed by atoms with Gasteiger partial charge in [-0.25, -0.2) is 0 Å². The minimum Gasteiger partial charge on any atom is -0.300 e. The van der Waals surface area contributed by atoms with Crippen LogP contribution in [0.25, 0.3) is 0 Å². The van der Waals surface area contributed by atoms with Gasteiger partial charge in [-0.2, -0.15) is 0 Å². The third-order valence-corrected chi connectivity index (χ3v) is 4.86. The number of ketones is 2. The zero-order valence-corrected chi connectivity index (χ0v) is 13.5. The summed E-state index contributed by atoms with van der Waals surface area (Å²) in [5, 5.41) is 0. The molecule has 1 aliphatic carbocycles. The van der Waals surface area contributed by atoms with Crippen LogP contribution in [-0.4, -0.2) is 11.6 Å². The smallest absolute Gasteiger partial charge is 0.139 e. The van der Waals surface area contributed by atoms with Crippen molar-refractivity contribution in [1.29, 1.82) is 0 Å². The lowest BCUT2D eigenvalue weighted by molar-refractivity contribution is -0.132. The molecule has 0 aromatic heterocycles. The maximum atomic E-state index is 12.4. The van der Waals surface area contributed by atoms with E-state index in [9.17, 15) is 9.59 Å². The lowest BCUT2D eigenvalue weighted by Crippen LogP contribution is -2.35. The van der Waals surface area contributed by atoms with Gasteiger partial charge in [0.25, 0.3) is 0 Å². The van der Waals surface area contributed by atoms with Crippen molar-refractivity contribution >= 4 is 11.6 Å². The molecular weight excluding hydrogens is 248 g/mol. The van der Waals surface area contributed by atoms with Crippen LogP contribution in [0.1, 0.15) is 78.6 Å². The zero-order valence-electron chi connectivity index (χ0n) is 13.5. The Balaban J connectivity index is 2.41. The Morgan fingerprint density at radius 2 is 2.05 bits per heavy atom. The predicted molar refractivity (Wildman–Crippen MR) is 83.7 cm³/mol. The molecule has 114 valence electrons. The van der Waals surface area contributed by atoms with Gasteiger partial charge in [0.1, 0.15) is 11.6 Å². The van der Waals surface area contributed by atoms with E-state index in [2.05, 4.69) is 13.5 Å². The number of allylic oxidation sites excluding steroid dienone is 1. The van der Waals surface area contributed by atoms with Crippen LogP contribution < -0.4 is 0 Å². The van der Waals surface area contributed by atoms with Crippen molar-refractivity contribution < 1.29 is 9.59 Å². The van der Waals surface area contributed by atoms with Crippen molar-refractivity contribution in [1.82, 2.24) is 0 Å². The fourth-order valence-electron chi connectivity index (χ4n) is 3.00. The quantitative estimate of drug-likeness (QED) is 0.469. The van der Waals surface area contributed by atoms with Crippen LogP contribution >= 0.6 is 0 Å². The van der Waals surface area contributed by atoms with Gasteiger partial charge in [-0.05, 0) is 38.5 Å². The lowest BCUT2D eigenvalue weighted by Gasteiger charge is -2.36. The van der Waals surface area contributed by atoms with Crippen molar-refractivity contribution in [3.05, 3.63) is 12.2 Å². The zero-order chi connectivity index (χ0) is 15.2. The van der Waals surface area contributed by atoms with Crippen LogP contribution in [0.15, 0.2) is 12.2 Å². The van der Waals surface area contributed by atoms with Crippen LogP contribution in [0.4, 0.5) is 0 Å². The Labute approximate surface area is 124 Å². The molecule has 1 aliphatic rings. The first kappa shape index (κ1) is 17.1. The van der Waals surface area contributed by atoms with Gasteiger partial charge in [0, 0.05) is 24.7 Å². The van der Waals surface area contributed by atoms with Gasteiger partial charge < -0.3 is 0 Å². The minimum absolute atomic E-state index is 0.271. The van der Waals surface area contributed by atoms with Crippen LogP contribution in [0.2, 0.25) is 0 Å². The van der Waals surface area contributed by atoms with Gasteiger partial charge >= 0.3 is 0 Å². The summed E-state index contributed by atoms with van der Waals surface area (Å²) < 4.78 is 0. The number of hydrogen-bond acceptors (Lipinski definition) is 2. The van der Waals surface area contributed by atoms with Crippen LogP contribution in [0, 0.1) is 11.3 Å². The van der Waals surface area contributed by atoms with Gasteiger partial charge in [-0.15, -0.1) is 0 Å². The predicted octanol–water partition coefficient (Wildman–Crippen LogP) is 4.87. The summed E-state index contributed by atoms with van der Waals surface area (Å²) in [7, 11) is 0. The number of unbranched alkanes of at least 4 members (excludes halogenated alkanes) is 2. The minimum atomic E-state index is -0.271. The first-order chi connectivity index (χ1) is 9.39. The highest BCUT2D eigenvalue weighted by Gasteiger charge is 2.38. The van der Waals surface area contributed by atoms with E-state index in [4.69, 9.17) is 0 Å². The van der Waals surface area contributed by atoms with Gasteiger partial charge in [-0.3, -0.25) is 9.59 Å². The molecule has 0 aromatic rings. The molecule has 0 amide bonds. The number of Topliss-reactive ketones (excluding diaryl/α,β-unsaturated/α-hetero) is 2. The molecule has 0 bridgehead atoms. The molecular formula is C18H30O2. The summed E-state index contributed by atoms with van der Waals surface area (Å²) in [5.41, 5.74) is 0.850. The van der Waals surface area contributed by atoms with E-state index >= 15 is 0 Å². The molecule has 0 aromatic carbocycles. The molecule has 0 radical (unpaired) electrons. The second-order valence-electron chi connectivity index (χ2n) is 6.77. The molecule has 1 rings (SSSR count). The summed E-state index contributed by atoms with van der Waals surface area (Å²) in [6.07, 6.45) is 7.84. The average Bonchev–Trinajstić information content (AvgIpc) is 2.40. The fraction of sp³-hybridized carbons (Fsp3) is 0.778. The highest BCUT2D eigenvalue weighted by Crippen LogP contribution is 2.41. The molecule has 0 aliphatic heterocycles. The van der Waals surface area contributed by atoms with Crippen LogP contribution in [0.3, 0.4) is 0 Å². The SMILES string of the molecule is C=C(C)[C@@H]1CC[C@](C)(CCC(=O)CCCCC)C(=O)C1. The van der Waals surface area contributed by atoms with Crippen molar-refractivity contribution in [2.75, 3.05) is 0 Å². The molecule has 0 heterocycles. The molecule has 0 unspecified atom stereocenters. The Morgan fingerprint density at radius 1 is 1.35 bits per heavy atom. The van der Waals surface area contributed by atoms with E-state index < -0.39 is 0 Å².